The number of carbonyl (C=O) groups excluding carboxylic acids is 6. The standard InChI is InChI=1S/C15H22N6O9S/c1-3-19-4-5-20(14(26)13(19)25)15(27)18-8(6-10(22)16-2)11(23)17-9-7-21(12(9)24)31(28,29)30/h8-9H,3-7H2,1-2H3,(H,16,22)(H,17,23)(H,18,27)(H,28,29,30). The van der Waals surface area contributed by atoms with Gasteiger partial charge < -0.3 is 20.9 Å². The third-order valence-electron chi connectivity index (χ3n) is 4.71. The summed E-state index contributed by atoms with van der Waals surface area (Å²) < 4.78 is 30.9. The van der Waals surface area contributed by atoms with E-state index in [0.29, 0.717) is 4.90 Å². The Morgan fingerprint density at radius 3 is 2.32 bits per heavy atom. The number of amides is 7. The van der Waals surface area contributed by atoms with Crippen LogP contribution in [0.15, 0.2) is 0 Å². The van der Waals surface area contributed by atoms with Crippen LogP contribution in [-0.2, 0) is 34.3 Å². The third kappa shape index (κ3) is 5.26. The summed E-state index contributed by atoms with van der Waals surface area (Å²) in [6.07, 6.45) is -0.561. The van der Waals surface area contributed by atoms with Crippen molar-refractivity contribution in [3.05, 3.63) is 0 Å². The molecular formula is C15H22N6O9S. The van der Waals surface area contributed by atoms with E-state index in [1.165, 1.54) is 11.9 Å². The van der Waals surface area contributed by atoms with Crippen molar-refractivity contribution in [3.63, 3.8) is 0 Å². The van der Waals surface area contributed by atoms with Crippen molar-refractivity contribution >= 4 is 45.9 Å². The average molecular weight is 462 g/mol. The van der Waals surface area contributed by atoms with Crippen LogP contribution in [0.4, 0.5) is 4.79 Å². The molecule has 16 heteroatoms. The molecule has 7 amide bonds. The molecule has 2 rings (SSSR count). The number of likely N-dealkylation sites (N-methyl/N-ethyl adjacent to an activating group) is 1. The summed E-state index contributed by atoms with van der Waals surface area (Å²) in [7, 11) is -3.48. The van der Waals surface area contributed by atoms with Gasteiger partial charge in [0.15, 0.2) is 0 Å². The molecule has 0 bridgehead atoms. The predicted octanol–water partition coefficient (Wildman–Crippen LogP) is -3.98. The van der Waals surface area contributed by atoms with Gasteiger partial charge in [-0.05, 0) is 6.92 Å². The van der Waals surface area contributed by atoms with Gasteiger partial charge in [0, 0.05) is 26.7 Å². The highest BCUT2D eigenvalue weighted by molar-refractivity contribution is 7.84. The molecule has 2 aliphatic rings. The number of rotatable bonds is 7. The SMILES string of the molecule is CCN1CCN(C(=O)NC(CC(=O)NC)C(=O)NC2CN(S(=O)(=O)O)C2=O)C(=O)C1=O. The number of hydrogen-bond donors (Lipinski definition) is 4. The summed E-state index contributed by atoms with van der Waals surface area (Å²) >= 11 is 0. The lowest BCUT2D eigenvalue weighted by Gasteiger charge is -2.36. The van der Waals surface area contributed by atoms with Gasteiger partial charge >= 0.3 is 28.1 Å². The molecule has 2 fully saturated rings. The summed E-state index contributed by atoms with van der Waals surface area (Å²) in [4.78, 5) is 74.4. The predicted molar refractivity (Wildman–Crippen MR) is 100 cm³/mol. The molecule has 2 atom stereocenters. The van der Waals surface area contributed by atoms with Gasteiger partial charge in [-0.25, -0.2) is 9.10 Å². The maximum atomic E-state index is 12.5. The van der Waals surface area contributed by atoms with E-state index in [1.807, 2.05) is 0 Å². The Bertz CT molecular complexity index is 920. The second kappa shape index (κ2) is 9.25. The first-order chi connectivity index (χ1) is 14.4. The minimum absolute atomic E-state index is 0.100. The molecule has 15 nitrogen and oxygen atoms in total. The summed E-state index contributed by atoms with van der Waals surface area (Å²) in [5.41, 5.74) is 0. The number of β-lactam (4-membered cyclic amide) rings is 1. The van der Waals surface area contributed by atoms with Gasteiger partial charge in [0.2, 0.25) is 11.8 Å². The maximum absolute atomic E-state index is 12.5. The first-order valence-corrected chi connectivity index (χ1v) is 10.5. The summed E-state index contributed by atoms with van der Waals surface area (Å²) in [5, 5.41) is 6.59. The summed E-state index contributed by atoms with van der Waals surface area (Å²) in [5.74, 6) is -4.74. The Hall–Kier alpha value is -3.27. The zero-order valence-electron chi connectivity index (χ0n) is 16.7. The molecule has 0 aromatic carbocycles. The van der Waals surface area contributed by atoms with Crippen molar-refractivity contribution in [2.24, 2.45) is 0 Å². The van der Waals surface area contributed by atoms with Crippen LogP contribution < -0.4 is 16.0 Å². The van der Waals surface area contributed by atoms with Gasteiger partial charge in [0.25, 0.3) is 5.91 Å². The van der Waals surface area contributed by atoms with Crippen LogP contribution in [0.2, 0.25) is 0 Å². The second-order valence-corrected chi connectivity index (χ2v) is 7.97. The number of piperazine rings is 1. The van der Waals surface area contributed by atoms with Gasteiger partial charge in [0.05, 0.1) is 13.0 Å². The number of urea groups is 1. The summed E-state index contributed by atoms with van der Waals surface area (Å²) in [6.45, 7) is 1.38. The molecule has 0 spiro atoms. The summed E-state index contributed by atoms with van der Waals surface area (Å²) in [6, 6.07) is -3.92. The Labute approximate surface area is 176 Å². The van der Waals surface area contributed by atoms with Gasteiger partial charge in [-0.2, -0.15) is 8.42 Å². The van der Waals surface area contributed by atoms with E-state index in [0.717, 1.165) is 0 Å². The maximum Gasteiger partial charge on any atom is 0.362 e. The van der Waals surface area contributed by atoms with E-state index in [-0.39, 0.29) is 23.9 Å². The third-order valence-corrected chi connectivity index (χ3v) is 5.59. The fraction of sp³-hybridized carbons (Fsp3) is 0.600. The first kappa shape index (κ1) is 24.0. The van der Waals surface area contributed by atoms with E-state index in [2.05, 4.69) is 16.0 Å². The van der Waals surface area contributed by atoms with E-state index in [9.17, 15) is 37.2 Å². The molecule has 0 aromatic rings. The minimum Gasteiger partial charge on any atom is -0.359 e. The topological polar surface area (TPSA) is 203 Å². The Kier molecular flexibility index (Phi) is 7.17. The van der Waals surface area contributed by atoms with Crippen LogP contribution in [0.3, 0.4) is 0 Å². The first-order valence-electron chi connectivity index (χ1n) is 9.11. The average Bonchev–Trinajstić information content (AvgIpc) is 2.70. The number of hydrogen-bond acceptors (Lipinski definition) is 8. The minimum atomic E-state index is -4.76. The lowest BCUT2D eigenvalue weighted by atomic mass is 10.1. The smallest absolute Gasteiger partial charge is 0.359 e. The van der Waals surface area contributed by atoms with Crippen molar-refractivity contribution in [2.45, 2.75) is 25.4 Å². The highest BCUT2D eigenvalue weighted by Crippen LogP contribution is 2.14. The van der Waals surface area contributed by atoms with E-state index in [4.69, 9.17) is 4.55 Å². The fourth-order valence-corrected chi connectivity index (χ4v) is 3.57. The molecule has 2 unspecified atom stereocenters. The quantitative estimate of drug-likeness (QED) is 0.165. The number of nitrogens with zero attached hydrogens (tertiary/aromatic N) is 3. The lowest BCUT2D eigenvalue weighted by molar-refractivity contribution is -0.153. The molecule has 2 aliphatic heterocycles. The molecule has 172 valence electrons. The van der Waals surface area contributed by atoms with E-state index < -0.39 is 70.9 Å². The van der Waals surface area contributed by atoms with Gasteiger partial charge in [-0.3, -0.25) is 33.4 Å². The van der Waals surface area contributed by atoms with Crippen molar-refractivity contribution in [2.75, 3.05) is 33.2 Å². The number of carbonyl (C=O) groups is 6. The molecule has 2 heterocycles. The van der Waals surface area contributed by atoms with Crippen LogP contribution in [0, 0.1) is 0 Å². The van der Waals surface area contributed by atoms with Crippen LogP contribution >= 0.6 is 0 Å². The molecule has 0 radical (unpaired) electrons. The van der Waals surface area contributed by atoms with Crippen molar-refractivity contribution in [1.82, 2.24) is 30.1 Å². The molecule has 4 N–H and O–H groups in total. The van der Waals surface area contributed by atoms with Gasteiger partial charge in [0.1, 0.15) is 12.1 Å². The normalized spacial score (nSPS) is 20.2. The molecule has 0 aromatic heterocycles. The van der Waals surface area contributed by atoms with Crippen LogP contribution in [0.5, 0.6) is 0 Å². The zero-order chi connectivity index (χ0) is 23.5. The molecular weight excluding hydrogens is 440 g/mol. The van der Waals surface area contributed by atoms with E-state index in [1.54, 1.807) is 6.92 Å². The second-order valence-electron chi connectivity index (χ2n) is 6.63. The lowest BCUT2D eigenvalue weighted by Crippen LogP contribution is -2.67. The number of nitrogens with one attached hydrogen (secondary N) is 3. The largest absolute Gasteiger partial charge is 0.362 e. The molecule has 2 saturated heterocycles. The highest BCUT2D eigenvalue weighted by atomic mass is 32.2. The molecule has 0 saturated carbocycles. The number of imide groups is 1. The van der Waals surface area contributed by atoms with Crippen LogP contribution in [-0.4, -0.2) is 108 Å². The van der Waals surface area contributed by atoms with Gasteiger partial charge in [-0.15, -0.1) is 0 Å². The highest BCUT2D eigenvalue weighted by Gasteiger charge is 2.45. The van der Waals surface area contributed by atoms with Crippen molar-refractivity contribution in [1.29, 1.82) is 0 Å². The Morgan fingerprint density at radius 2 is 1.81 bits per heavy atom. The molecule has 31 heavy (non-hydrogen) atoms. The van der Waals surface area contributed by atoms with Crippen LogP contribution in [0.25, 0.3) is 0 Å². The Morgan fingerprint density at radius 1 is 1.16 bits per heavy atom. The fourth-order valence-electron chi connectivity index (χ4n) is 2.88. The van der Waals surface area contributed by atoms with Crippen LogP contribution in [0.1, 0.15) is 13.3 Å². The van der Waals surface area contributed by atoms with Crippen molar-refractivity contribution < 1.29 is 41.7 Å². The molecule has 0 aliphatic carbocycles. The zero-order valence-corrected chi connectivity index (χ0v) is 17.5. The van der Waals surface area contributed by atoms with Crippen molar-refractivity contribution in [3.8, 4) is 0 Å². The van der Waals surface area contributed by atoms with Gasteiger partial charge in [-0.1, -0.05) is 0 Å². The monoisotopic (exact) mass is 462 g/mol. The Balaban J connectivity index is 2.07. The van der Waals surface area contributed by atoms with E-state index >= 15 is 0 Å².